The molecule has 27 heavy (non-hydrogen) atoms. The Morgan fingerprint density at radius 2 is 1.96 bits per heavy atom. The van der Waals surface area contributed by atoms with Gasteiger partial charge in [-0.15, -0.1) is 0 Å². The maximum Gasteiger partial charge on any atom is 0.255 e. The van der Waals surface area contributed by atoms with Crippen molar-refractivity contribution in [3.05, 3.63) is 58.5 Å². The van der Waals surface area contributed by atoms with Crippen LogP contribution in [0.2, 0.25) is 5.02 Å². The molecule has 0 saturated carbocycles. The van der Waals surface area contributed by atoms with E-state index in [2.05, 4.69) is 4.98 Å². The summed E-state index contributed by atoms with van der Waals surface area (Å²) >= 11 is 6.05. The highest BCUT2D eigenvalue weighted by Crippen LogP contribution is 2.21. The van der Waals surface area contributed by atoms with Gasteiger partial charge in [0.05, 0.1) is 17.1 Å². The van der Waals surface area contributed by atoms with Gasteiger partial charge in [-0.1, -0.05) is 17.7 Å². The Bertz CT molecular complexity index is 937. The summed E-state index contributed by atoms with van der Waals surface area (Å²) in [5.74, 6) is -0.00383. The minimum Gasteiger partial charge on any atom is -0.355 e. The Kier molecular flexibility index (Phi) is 5.67. The standard InChI is InChI=1S/C18H19ClFN3O3S/c1-22(12-14-2-4-15(20)10-16(14)19)17-5-3-13(11-21-17)18(24)23-6-8-27(25,26)9-7-23/h2-5,10-11H,6-9,12H2,1H3. The highest BCUT2D eigenvalue weighted by atomic mass is 35.5. The molecule has 1 aromatic heterocycles. The molecule has 1 saturated heterocycles. The van der Waals surface area contributed by atoms with E-state index in [0.717, 1.165) is 5.56 Å². The lowest BCUT2D eigenvalue weighted by Gasteiger charge is -2.27. The molecule has 3 rings (SSSR count). The first-order valence-corrected chi connectivity index (χ1v) is 10.6. The van der Waals surface area contributed by atoms with Gasteiger partial charge < -0.3 is 9.80 Å². The van der Waals surface area contributed by atoms with Crippen LogP contribution in [0.5, 0.6) is 0 Å². The lowest BCUT2D eigenvalue weighted by atomic mass is 10.2. The van der Waals surface area contributed by atoms with Crippen LogP contribution in [0.4, 0.5) is 10.2 Å². The van der Waals surface area contributed by atoms with Crippen LogP contribution in [0.1, 0.15) is 15.9 Å². The van der Waals surface area contributed by atoms with E-state index >= 15 is 0 Å². The zero-order valence-electron chi connectivity index (χ0n) is 14.7. The molecule has 1 aliphatic rings. The van der Waals surface area contributed by atoms with Crippen LogP contribution in [0.15, 0.2) is 36.5 Å². The van der Waals surface area contributed by atoms with Gasteiger partial charge in [-0.25, -0.2) is 17.8 Å². The normalized spacial score (nSPS) is 16.2. The van der Waals surface area contributed by atoms with Gasteiger partial charge in [0.15, 0.2) is 9.84 Å². The second kappa shape index (κ2) is 7.82. The van der Waals surface area contributed by atoms with E-state index in [4.69, 9.17) is 11.6 Å². The van der Waals surface area contributed by atoms with Crippen LogP contribution < -0.4 is 4.90 Å². The molecule has 0 aliphatic carbocycles. The molecule has 0 atom stereocenters. The highest BCUT2D eigenvalue weighted by Gasteiger charge is 2.25. The van der Waals surface area contributed by atoms with Crippen molar-refractivity contribution in [3.63, 3.8) is 0 Å². The molecule has 9 heteroatoms. The molecular weight excluding hydrogens is 393 g/mol. The Balaban J connectivity index is 1.66. The largest absolute Gasteiger partial charge is 0.355 e. The number of benzene rings is 1. The molecule has 2 aromatic rings. The van der Waals surface area contributed by atoms with E-state index in [0.29, 0.717) is 22.9 Å². The number of amides is 1. The minimum absolute atomic E-state index is 0.00851. The minimum atomic E-state index is -3.04. The van der Waals surface area contributed by atoms with Crippen LogP contribution in [-0.4, -0.2) is 55.9 Å². The zero-order chi connectivity index (χ0) is 19.6. The molecule has 0 spiro atoms. The summed E-state index contributed by atoms with van der Waals surface area (Å²) in [5.41, 5.74) is 1.17. The number of carbonyl (C=O) groups is 1. The van der Waals surface area contributed by atoms with E-state index in [1.54, 1.807) is 18.2 Å². The van der Waals surface area contributed by atoms with Crippen molar-refractivity contribution in [2.45, 2.75) is 6.54 Å². The van der Waals surface area contributed by atoms with E-state index in [-0.39, 0.29) is 30.5 Å². The van der Waals surface area contributed by atoms with Gasteiger partial charge in [-0.05, 0) is 29.8 Å². The zero-order valence-corrected chi connectivity index (χ0v) is 16.3. The van der Waals surface area contributed by atoms with Crippen molar-refractivity contribution in [1.29, 1.82) is 0 Å². The van der Waals surface area contributed by atoms with E-state index in [1.165, 1.54) is 23.2 Å². The Labute approximate surface area is 162 Å². The molecule has 1 aliphatic heterocycles. The van der Waals surface area contributed by atoms with Crippen molar-refractivity contribution < 1.29 is 17.6 Å². The molecule has 0 bridgehead atoms. The van der Waals surface area contributed by atoms with Crippen molar-refractivity contribution >= 4 is 33.2 Å². The Hall–Kier alpha value is -2.19. The van der Waals surface area contributed by atoms with Gasteiger partial charge in [0.1, 0.15) is 11.6 Å². The number of carbonyl (C=O) groups excluding carboxylic acids is 1. The molecule has 0 radical (unpaired) electrons. The number of anilines is 1. The van der Waals surface area contributed by atoms with Gasteiger partial charge >= 0.3 is 0 Å². The van der Waals surface area contributed by atoms with E-state index < -0.39 is 15.7 Å². The number of halogens is 2. The molecule has 144 valence electrons. The molecule has 1 amide bonds. The van der Waals surface area contributed by atoms with Crippen LogP contribution in [0, 0.1) is 5.82 Å². The van der Waals surface area contributed by atoms with Gasteiger partial charge in [-0.2, -0.15) is 0 Å². The molecular formula is C18H19ClFN3O3S. The first-order chi connectivity index (χ1) is 12.7. The van der Waals surface area contributed by atoms with Crippen molar-refractivity contribution in [1.82, 2.24) is 9.88 Å². The molecule has 6 nitrogen and oxygen atoms in total. The second-order valence-corrected chi connectivity index (χ2v) is 9.15. The van der Waals surface area contributed by atoms with E-state index in [1.807, 2.05) is 11.9 Å². The molecule has 0 N–H and O–H groups in total. The smallest absolute Gasteiger partial charge is 0.255 e. The first kappa shape index (κ1) is 19.6. The van der Waals surface area contributed by atoms with Gasteiger partial charge in [0.2, 0.25) is 0 Å². The maximum absolute atomic E-state index is 13.1. The van der Waals surface area contributed by atoms with Crippen molar-refractivity contribution in [2.24, 2.45) is 0 Å². The highest BCUT2D eigenvalue weighted by molar-refractivity contribution is 7.91. The number of pyridine rings is 1. The van der Waals surface area contributed by atoms with Crippen LogP contribution in [-0.2, 0) is 16.4 Å². The molecule has 2 heterocycles. The molecule has 0 unspecified atom stereocenters. The Morgan fingerprint density at radius 1 is 1.26 bits per heavy atom. The number of hydrogen-bond donors (Lipinski definition) is 0. The number of sulfone groups is 1. The topological polar surface area (TPSA) is 70.6 Å². The summed E-state index contributed by atoms with van der Waals surface area (Å²) in [4.78, 5) is 20.2. The van der Waals surface area contributed by atoms with Crippen LogP contribution in [0.3, 0.4) is 0 Å². The van der Waals surface area contributed by atoms with Crippen molar-refractivity contribution in [2.75, 3.05) is 36.5 Å². The quantitative estimate of drug-likeness (QED) is 0.772. The predicted octanol–water partition coefficient (Wildman–Crippen LogP) is 2.38. The lowest BCUT2D eigenvalue weighted by Crippen LogP contribution is -2.43. The summed E-state index contributed by atoms with van der Waals surface area (Å²) in [6, 6.07) is 7.61. The van der Waals surface area contributed by atoms with Gasteiger partial charge in [0.25, 0.3) is 5.91 Å². The average Bonchev–Trinajstić information content (AvgIpc) is 2.63. The number of rotatable bonds is 4. The SMILES string of the molecule is CN(Cc1ccc(F)cc1Cl)c1ccc(C(=O)N2CCS(=O)(=O)CC2)cn1. The Morgan fingerprint density at radius 3 is 2.56 bits per heavy atom. The third kappa shape index (κ3) is 4.75. The average molecular weight is 412 g/mol. The predicted molar refractivity (Wildman–Crippen MR) is 102 cm³/mol. The number of hydrogen-bond acceptors (Lipinski definition) is 5. The third-order valence-corrected chi connectivity index (χ3v) is 6.40. The lowest BCUT2D eigenvalue weighted by molar-refractivity contribution is 0.0770. The summed E-state index contributed by atoms with van der Waals surface area (Å²) < 4.78 is 36.1. The molecule has 1 fully saturated rings. The number of aromatic nitrogens is 1. The fraction of sp³-hybridized carbons (Fsp3) is 0.333. The molecule has 1 aromatic carbocycles. The first-order valence-electron chi connectivity index (χ1n) is 8.36. The number of nitrogens with zero attached hydrogens (tertiary/aromatic N) is 3. The van der Waals surface area contributed by atoms with Gasteiger partial charge in [0, 0.05) is 37.9 Å². The van der Waals surface area contributed by atoms with Crippen molar-refractivity contribution in [3.8, 4) is 0 Å². The monoisotopic (exact) mass is 411 g/mol. The van der Waals surface area contributed by atoms with Crippen LogP contribution in [0.25, 0.3) is 0 Å². The fourth-order valence-electron chi connectivity index (χ4n) is 2.82. The summed E-state index contributed by atoms with van der Waals surface area (Å²) in [7, 11) is -1.22. The fourth-order valence-corrected chi connectivity index (χ4v) is 4.25. The summed E-state index contributed by atoms with van der Waals surface area (Å²) in [6.45, 7) is 0.834. The van der Waals surface area contributed by atoms with E-state index in [9.17, 15) is 17.6 Å². The summed E-state index contributed by atoms with van der Waals surface area (Å²) in [6.07, 6.45) is 1.48. The maximum atomic E-state index is 13.1. The van der Waals surface area contributed by atoms with Gasteiger partial charge in [-0.3, -0.25) is 4.79 Å². The van der Waals surface area contributed by atoms with Crippen LogP contribution >= 0.6 is 11.6 Å². The second-order valence-electron chi connectivity index (χ2n) is 6.44. The third-order valence-electron chi connectivity index (χ3n) is 4.44. The summed E-state index contributed by atoms with van der Waals surface area (Å²) in [5, 5.41) is 0.341.